The van der Waals surface area contributed by atoms with Crippen LogP contribution < -0.4 is 18.9 Å². The van der Waals surface area contributed by atoms with E-state index in [4.69, 9.17) is 18.9 Å². The zero-order valence-corrected chi connectivity index (χ0v) is 18.8. The minimum Gasteiger partial charge on any atom is -0.493 e. The molecule has 0 saturated carbocycles. The van der Waals surface area contributed by atoms with E-state index in [1.54, 1.807) is 28.4 Å². The number of rotatable bonds is 6. The highest BCUT2D eigenvalue weighted by Gasteiger charge is 2.24. The summed E-state index contributed by atoms with van der Waals surface area (Å²) in [6.45, 7) is 7.65. The second-order valence-corrected chi connectivity index (χ2v) is 8.34. The molecule has 30 heavy (non-hydrogen) atoms. The predicted molar refractivity (Wildman–Crippen MR) is 121 cm³/mol. The molecule has 0 aromatic heterocycles. The zero-order valence-electron chi connectivity index (χ0n) is 18.8. The van der Waals surface area contributed by atoms with E-state index in [1.807, 2.05) is 0 Å². The van der Waals surface area contributed by atoms with E-state index in [9.17, 15) is 0 Å². The van der Waals surface area contributed by atoms with Gasteiger partial charge in [0.25, 0.3) is 0 Å². The average molecular weight is 410 g/mol. The fraction of sp³-hybridized carbons (Fsp3) is 0.440. The van der Waals surface area contributed by atoms with Crippen LogP contribution in [-0.4, -0.2) is 46.4 Å². The van der Waals surface area contributed by atoms with Gasteiger partial charge in [-0.15, -0.1) is 0 Å². The maximum absolute atomic E-state index is 5.64. The molecule has 5 nitrogen and oxygen atoms in total. The zero-order chi connectivity index (χ0) is 21.4. The molecule has 0 aliphatic carbocycles. The van der Waals surface area contributed by atoms with Crippen molar-refractivity contribution < 1.29 is 18.9 Å². The highest BCUT2D eigenvalue weighted by Crippen LogP contribution is 2.44. The summed E-state index contributed by atoms with van der Waals surface area (Å²) in [6.07, 6.45) is 1.01. The number of hydrogen-bond acceptors (Lipinski definition) is 5. The van der Waals surface area contributed by atoms with E-state index < -0.39 is 0 Å². The quantitative estimate of drug-likeness (QED) is 0.533. The van der Waals surface area contributed by atoms with Crippen molar-refractivity contribution in [3.05, 3.63) is 35.4 Å². The van der Waals surface area contributed by atoms with Crippen molar-refractivity contribution >= 4 is 21.5 Å². The molecule has 1 aliphatic heterocycles. The van der Waals surface area contributed by atoms with Crippen molar-refractivity contribution in [2.45, 2.75) is 26.8 Å². The molecule has 0 saturated heterocycles. The van der Waals surface area contributed by atoms with Gasteiger partial charge in [0.1, 0.15) is 0 Å². The van der Waals surface area contributed by atoms with Gasteiger partial charge in [-0.3, -0.25) is 4.90 Å². The lowest BCUT2D eigenvalue weighted by Gasteiger charge is -2.32. The van der Waals surface area contributed by atoms with Crippen molar-refractivity contribution in [3.8, 4) is 23.0 Å². The highest BCUT2D eigenvalue weighted by atomic mass is 16.5. The second-order valence-electron chi connectivity index (χ2n) is 8.34. The first kappa shape index (κ1) is 20.6. The monoisotopic (exact) mass is 409 g/mol. The molecule has 0 radical (unpaired) electrons. The smallest absolute Gasteiger partial charge is 0.161 e. The van der Waals surface area contributed by atoms with Crippen LogP contribution >= 0.6 is 0 Å². The van der Waals surface area contributed by atoms with Gasteiger partial charge in [0.05, 0.1) is 28.4 Å². The summed E-state index contributed by atoms with van der Waals surface area (Å²) in [5, 5.41) is 4.75. The van der Waals surface area contributed by atoms with Crippen LogP contribution in [-0.2, 0) is 13.0 Å². The SMILES string of the molecule is COc1cc2c3c(c4cc(OC)c(OC)cc4c2cc1OC)CN(CC(C)C)CC3. The molecule has 0 fully saturated rings. The first-order chi connectivity index (χ1) is 14.5. The number of hydrogen-bond donors (Lipinski definition) is 0. The first-order valence-electron chi connectivity index (χ1n) is 10.5. The van der Waals surface area contributed by atoms with Crippen LogP contribution in [0.4, 0.5) is 0 Å². The molecule has 0 unspecified atom stereocenters. The van der Waals surface area contributed by atoms with Crippen molar-refractivity contribution in [2.75, 3.05) is 41.5 Å². The van der Waals surface area contributed by atoms with Crippen LogP contribution in [0.2, 0.25) is 0 Å². The van der Waals surface area contributed by atoms with E-state index >= 15 is 0 Å². The van der Waals surface area contributed by atoms with Crippen LogP contribution in [0.5, 0.6) is 23.0 Å². The number of nitrogens with zero attached hydrogens (tertiary/aromatic N) is 1. The van der Waals surface area contributed by atoms with Gasteiger partial charge in [-0.25, -0.2) is 0 Å². The fourth-order valence-electron chi connectivity index (χ4n) is 4.74. The third-order valence-electron chi connectivity index (χ3n) is 6.04. The van der Waals surface area contributed by atoms with Crippen LogP contribution in [0.1, 0.15) is 25.0 Å². The van der Waals surface area contributed by atoms with Gasteiger partial charge in [0.15, 0.2) is 23.0 Å². The Morgan fingerprint density at radius 1 is 0.700 bits per heavy atom. The summed E-state index contributed by atoms with van der Waals surface area (Å²) in [5.74, 6) is 3.62. The topological polar surface area (TPSA) is 40.2 Å². The van der Waals surface area contributed by atoms with E-state index in [0.29, 0.717) is 5.92 Å². The second kappa shape index (κ2) is 8.23. The minimum absolute atomic E-state index is 0.636. The van der Waals surface area contributed by atoms with Crippen LogP contribution in [0.15, 0.2) is 24.3 Å². The summed E-state index contributed by atoms with van der Waals surface area (Å²) < 4.78 is 22.5. The highest BCUT2D eigenvalue weighted by molar-refractivity contribution is 6.12. The van der Waals surface area contributed by atoms with Crippen molar-refractivity contribution in [1.82, 2.24) is 4.90 Å². The van der Waals surface area contributed by atoms with Crippen molar-refractivity contribution in [2.24, 2.45) is 5.92 Å². The van der Waals surface area contributed by atoms with Crippen LogP contribution in [0.3, 0.4) is 0 Å². The maximum Gasteiger partial charge on any atom is 0.161 e. The van der Waals surface area contributed by atoms with E-state index in [0.717, 1.165) is 59.8 Å². The van der Waals surface area contributed by atoms with Gasteiger partial charge in [0.2, 0.25) is 0 Å². The van der Waals surface area contributed by atoms with Gasteiger partial charge in [-0.1, -0.05) is 13.8 Å². The molecule has 0 spiro atoms. The third kappa shape index (κ3) is 3.41. The molecule has 0 atom stereocenters. The molecule has 3 aromatic carbocycles. The molecule has 0 bridgehead atoms. The summed E-state index contributed by atoms with van der Waals surface area (Å²) in [6, 6.07) is 8.43. The maximum atomic E-state index is 5.64. The fourth-order valence-corrected chi connectivity index (χ4v) is 4.74. The molecule has 0 amide bonds. The van der Waals surface area contributed by atoms with Gasteiger partial charge in [-0.05, 0) is 69.3 Å². The Hall–Kier alpha value is -2.66. The first-order valence-corrected chi connectivity index (χ1v) is 10.5. The molecular weight excluding hydrogens is 378 g/mol. The Morgan fingerprint density at radius 2 is 1.13 bits per heavy atom. The van der Waals surface area contributed by atoms with Gasteiger partial charge < -0.3 is 18.9 Å². The lowest BCUT2D eigenvalue weighted by Crippen LogP contribution is -2.33. The molecule has 1 heterocycles. The van der Waals surface area contributed by atoms with Crippen LogP contribution in [0.25, 0.3) is 21.5 Å². The Kier molecular flexibility index (Phi) is 5.65. The van der Waals surface area contributed by atoms with E-state index in [1.165, 1.54) is 21.9 Å². The predicted octanol–water partition coefficient (Wildman–Crippen LogP) is 5.04. The number of fused-ring (bicyclic) bond motifs is 6. The number of benzene rings is 3. The number of ether oxygens (including phenoxy) is 4. The molecule has 4 rings (SSSR count). The molecule has 0 N–H and O–H groups in total. The summed E-state index contributed by atoms with van der Waals surface area (Å²) in [7, 11) is 6.74. The lowest BCUT2D eigenvalue weighted by atomic mass is 9.87. The number of methoxy groups -OCH3 is 4. The van der Waals surface area contributed by atoms with Gasteiger partial charge in [0, 0.05) is 19.6 Å². The molecule has 3 aromatic rings. The van der Waals surface area contributed by atoms with E-state index in [2.05, 4.69) is 43.0 Å². The standard InChI is InChI=1S/C25H31NO4/c1-15(2)13-26-8-7-16-17-9-22(27-3)23(28-4)10-18(17)19-11-24(29-5)25(30-6)12-20(19)21(16)14-26/h9-12,15H,7-8,13-14H2,1-6H3. The molecule has 1 aliphatic rings. The molecule has 5 heteroatoms. The van der Waals surface area contributed by atoms with Gasteiger partial charge in [-0.2, -0.15) is 0 Å². The Balaban J connectivity index is 2.06. The van der Waals surface area contributed by atoms with Gasteiger partial charge >= 0.3 is 0 Å². The third-order valence-corrected chi connectivity index (χ3v) is 6.04. The Bertz CT molecular complexity index is 1090. The van der Waals surface area contributed by atoms with Crippen molar-refractivity contribution in [1.29, 1.82) is 0 Å². The van der Waals surface area contributed by atoms with Crippen molar-refractivity contribution in [3.63, 3.8) is 0 Å². The van der Waals surface area contributed by atoms with E-state index in [-0.39, 0.29) is 0 Å². The average Bonchev–Trinajstić information content (AvgIpc) is 2.76. The summed E-state index contributed by atoms with van der Waals surface area (Å²) >= 11 is 0. The summed E-state index contributed by atoms with van der Waals surface area (Å²) in [5.41, 5.74) is 2.77. The summed E-state index contributed by atoms with van der Waals surface area (Å²) in [4.78, 5) is 2.55. The van der Waals surface area contributed by atoms with Crippen LogP contribution in [0, 0.1) is 5.92 Å². The lowest BCUT2D eigenvalue weighted by molar-refractivity contribution is 0.228. The molecule has 160 valence electrons. The normalized spacial score (nSPS) is 14.2. The Labute approximate surface area is 178 Å². The Morgan fingerprint density at radius 3 is 1.57 bits per heavy atom. The largest absolute Gasteiger partial charge is 0.493 e. The molecular formula is C25H31NO4. The minimum atomic E-state index is 0.636.